The quantitative estimate of drug-likeness (QED) is 0.841. The van der Waals surface area contributed by atoms with E-state index < -0.39 is 17.8 Å². The number of alkyl halides is 2. The molecule has 0 aliphatic heterocycles. The number of aromatic nitrogens is 2. The second kappa shape index (κ2) is 5.89. The number of rotatable bonds is 4. The van der Waals surface area contributed by atoms with E-state index in [-0.39, 0.29) is 22.2 Å². The van der Waals surface area contributed by atoms with Crippen molar-refractivity contribution in [2.45, 2.75) is 25.8 Å². The summed E-state index contributed by atoms with van der Waals surface area (Å²) >= 11 is 5.73. The first-order valence-corrected chi connectivity index (χ1v) is 6.58. The molecule has 7 heteroatoms. The maximum absolute atomic E-state index is 14.0. The predicted octanol–water partition coefficient (Wildman–Crippen LogP) is 4.55. The lowest BCUT2D eigenvalue weighted by Gasteiger charge is -2.17. The molecule has 1 N–H and O–H groups in total. The van der Waals surface area contributed by atoms with Gasteiger partial charge < -0.3 is 5.32 Å². The van der Waals surface area contributed by atoms with Gasteiger partial charge in [-0.3, -0.25) is 0 Å². The highest BCUT2D eigenvalue weighted by Crippen LogP contribution is 2.30. The van der Waals surface area contributed by atoms with Gasteiger partial charge in [-0.2, -0.15) is 0 Å². The summed E-state index contributed by atoms with van der Waals surface area (Å²) in [5, 5.41) is 3.11. The molecule has 1 aromatic heterocycles. The molecule has 21 heavy (non-hydrogen) atoms. The van der Waals surface area contributed by atoms with Crippen molar-refractivity contribution in [3.05, 3.63) is 52.6 Å². The van der Waals surface area contributed by atoms with Crippen LogP contribution in [0.3, 0.4) is 0 Å². The van der Waals surface area contributed by atoms with Crippen LogP contribution in [0.4, 0.5) is 19.1 Å². The third kappa shape index (κ3) is 3.85. The molecule has 112 valence electrons. The first kappa shape index (κ1) is 15.6. The summed E-state index contributed by atoms with van der Waals surface area (Å²) in [6, 6.07) is 4.38. The number of hydrogen-bond acceptors (Lipinski definition) is 3. The lowest BCUT2D eigenvalue weighted by atomic mass is 10.0. The molecule has 0 aliphatic rings. The predicted molar refractivity (Wildman–Crippen MR) is 75.0 cm³/mol. The summed E-state index contributed by atoms with van der Waals surface area (Å²) in [7, 11) is 0. The normalized spacial score (nSPS) is 13.0. The maximum Gasteiger partial charge on any atom is 0.270 e. The van der Waals surface area contributed by atoms with E-state index in [4.69, 9.17) is 11.6 Å². The molecule has 2 rings (SSSR count). The standard InChI is InChI=1S/C14H13ClF3N3/c1-8(20-13-19-6-5-12(15)21-13)10-4-3-9(7-11(10)16)14(2,17)18/h3-8H,1-2H3,(H,19,20,21)/t8-/m0/s1. The highest BCUT2D eigenvalue weighted by Gasteiger charge is 2.26. The van der Waals surface area contributed by atoms with E-state index in [0.717, 1.165) is 13.0 Å². The van der Waals surface area contributed by atoms with Crippen LogP contribution in [0.2, 0.25) is 5.15 Å². The van der Waals surface area contributed by atoms with Crippen molar-refractivity contribution >= 4 is 17.5 Å². The first-order chi connectivity index (χ1) is 9.77. The van der Waals surface area contributed by atoms with Crippen molar-refractivity contribution in [3.63, 3.8) is 0 Å². The number of halogens is 4. The highest BCUT2D eigenvalue weighted by atomic mass is 35.5. The Hall–Kier alpha value is -1.82. The topological polar surface area (TPSA) is 37.8 Å². The van der Waals surface area contributed by atoms with Gasteiger partial charge in [0.15, 0.2) is 0 Å². The summed E-state index contributed by atoms with van der Waals surface area (Å²) in [6.07, 6.45) is 1.46. The molecule has 0 radical (unpaired) electrons. The Balaban J connectivity index is 2.22. The molecule has 0 spiro atoms. The lowest BCUT2D eigenvalue weighted by molar-refractivity contribution is 0.0171. The van der Waals surface area contributed by atoms with Crippen LogP contribution in [-0.4, -0.2) is 9.97 Å². The summed E-state index contributed by atoms with van der Waals surface area (Å²) in [6.45, 7) is 2.40. The summed E-state index contributed by atoms with van der Waals surface area (Å²) in [5.41, 5.74) is -0.124. The zero-order valence-electron chi connectivity index (χ0n) is 11.4. The molecule has 0 unspecified atom stereocenters. The van der Waals surface area contributed by atoms with Gasteiger partial charge >= 0.3 is 0 Å². The van der Waals surface area contributed by atoms with E-state index in [9.17, 15) is 13.2 Å². The smallest absolute Gasteiger partial charge is 0.270 e. The van der Waals surface area contributed by atoms with Gasteiger partial charge in [0.05, 0.1) is 6.04 Å². The zero-order valence-corrected chi connectivity index (χ0v) is 12.1. The Morgan fingerprint density at radius 3 is 2.57 bits per heavy atom. The Kier molecular flexibility index (Phi) is 4.37. The fraction of sp³-hybridized carbons (Fsp3) is 0.286. The van der Waals surface area contributed by atoms with Crippen LogP contribution in [0.1, 0.15) is 31.0 Å². The average Bonchev–Trinajstić information content (AvgIpc) is 2.37. The minimum atomic E-state index is -3.08. The van der Waals surface area contributed by atoms with Crippen LogP contribution in [0.5, 0.6) is 0 Å². The fourth-order valence-electron chi connectivity index (χ4n) is 1.83. The molecule has 1 aromatic carbocycles. The first-order valence-electron chi connectivity index (χ1n) is 6.20. The van der Waals surface area contributed by atoms with E-state index in [2.05, 4.69) is 15.3 Å². The van der Waals surface area contributed by atoms with Crippen LogP contribution in [0.15, 0.2) is 30.5 Å². The van der Waals surface area contributed by atoms with Gasteiger partial charge in [-0.15, -0.1) is 0 Å². The van der Waals surface area contributed by atoms with E-state index in [1.165, 1.54) is 24.4 Å². The van der Waals surface area contributed by atoms with Gasteiger partial charge in [0.2, 0.25) is 5.95 Å². The minimum absolute atomic E-state index is 0.235. The molecule has 0 amide bonds. The lowest BCUT2D eigenvalue weighted by Crippen LogP contribution is -2.13. The highest BCUT2D eigenvalue weighted by molar-refractivity contribution is 6.29. The van der Waals surface area contributed by atoms with Crippen LogP contribution >= 0.6 is 11.6 Å². The molecule has 3 nitrogen and oxygen atoms in total. The Morgan fingerprint density at radius 2 is 2.00 bits per heavy atom. The molecule has 1 heterocycles. The molecule has 0 aliphatic carbocycles. The van der Waals surface area contributed by atoms with Crippen molar-refractivity contribution in [2.24, 2.45) is 0 Å². The van der Waals surface area contributed by atoms with E-state index in [1.807, 2.05) is 0 Å². The van der Waals surface area contributed by atoms with E-state index in [0.29, 0.717) is 0 Å². The second-order valence-corrected chi connectivity index (χ2v) is 5.08. The third-order valence-corrected chi connectivity index (χ3v) is 3.15. The number of benzene rings is 1. The third-order valence-electron chi connectivity index (χ3n) is 2.94. The van der Waals surface area contributed by atoms with Crippen LogP contribution < -0.4 is 5.32 Å². The number of anilines is 1. The van der Waals surface area contributed by atoms with Crippen LogP contribution in [0, 0.1) is 5.82 Å². The van der Waals surface area contributed by atoms with Crippen molar-refractivity contribution in [3.8, 4) is 0 Å². The molecular weight excluding hydrogens is 303 g/mol. The largest absolute Gasteiger partial charge is 0.348 e. The Morgan fingerprint density at radius 1 is 1.29 bits per heavy atom. The van der Waals surface area contributed by atoms with Crippen LogP contribution in [-0.2, 0) is 5.92 Å². The van der Waals surface area contributed by atoms with Crippen LogP contribution in [0.25, 0.3) is 0 Å². The van der Waals surface area contributed by atoms with Gasteiger partial charge in [-0.25, -0.2) is 23.1 Å². The zero-order chi connectivity index (χ0) is 15.6. The summed E-state index contributed by atoms with van der Waals surface area (Å²) in [5.74, 6) is -3.55. The fourth-order valence-corrected chi connectivity index (χ4v) is 1.97. The monoisotopic (exact) mass is 315 g/mol. The maximum atomic E-state index is 14.0. The number of hydrogen-bond donors (Lipinski definition) is 1. The summed E-state index contributed by atoms with van der Waals surface area (Å²) < 4.78 is 40.3. The van der Waals surface area contributed by atoms with Gasteiger partial charge in [0, 0.05) is 24.2 Å². The van der Waals surface area contributed by atoms with Gasteiger partial charge in [-0.05, 0) is 19.1 Å². The molecule has 1 atom stereocenters. The minimum Gasteiger partial charge on any atom is -0.348 e. The SMILES string of the molecule is C[C@H](Nc1nccc(Cl)n1)c1ccc(C(C)(F)F)cc1F. The Labute approximate surface area is 125 Å². The van der Waals surface area contributed by atoms with Crippen molar-refractivity contribution in [2.75, 3.05) is 5.32 Å². The van der Waals surface area contributed by atoms with Crippen molar-refractivity contribution in [1.29, 1.82) is 0 Å². The van der Waals surface area contributed by atoms with E-state index >= 15 is 0 Å². The number of nitrogens with one attached hydrogen (secondary N) is 1. The molecule has 0 fully saturated rings. The molecule has 0 saturated heterocycles. The number of nitrogens with zero attached hydrogens (tertiary/aromatic N) is 2. The van der Waals surface area contributed by atoms with Gasteiger partial charge in [0.25, 0.3) is 5.92 Å². The molecule has 0 saturated carbocycles. The second-order valence-electron chi connectivity index (χ2n) is 4.69. The van der Waals surface area contributed by atoms with Crippen molar-refractivity contribution in [1.82, 2.24) is 9.97 Å². The van der Waals surface area contributed by atoms with Gasteiger partial charge in [0.1, 0.15) is 11.0 Å². The molecular formula is C14H13ClF3N3. The Bertz CT molecular complexity index is 644. The van der Waals surface area contributed by atoms with Gasteiger partial charge in [-0.1, -0.05) is 23.7 Å². The average molecular weight is 316 g/mol. The van der Waals surface area contributed by atoms with E-state index in [1.54, 1.807) is 6.92 Å². The van der Waals surface area contributed by atoms with Crippen molar-refractivity contribution < 1.29 is 13.2 Å². The molecule has 0 bridgehead atoms. The molecule has 2 aromatic rings. The summed E-state index contributed by atoms with van der Waals surface area (Å²) in [4.78, 5) is 7.87.